The van der Waals surface area contributed by atoms with E-state index >= 15 is 0 Å². The average molecular weight is 345 g/mol. The molecule has 0 atom stereocenters. The molecule has 0 unspecified atom stereocenters. The van der Waals surface area contributed by atoms with Crippen molar-refractivity contribution in [3.63, 3.8) is 0 Å². The van der Waals surface area contributed by atoms with E-state index in [4.69, 9.17) is 0 Å². The molecule has 17 heavy (non-hydrogen) atoms. The SMILES string of the molecule is O=c1[nH]cnc(NCCCn2cccn2)c1I. The van der Waals surface area contributed by atoms with E-state index in [9.17, 15) is 4.79 Å². The van der Waals surface area contributed by atoms with Crippen LogP contribution >= 0.6 is 22.6 Å². The second-order valence-electron chi connectivity index (χ2n) is 3.44. The van der Waals surface area contributed by atoms with Gasteiger partial charge in [0.1, 0.15) is 9.39 Å². The molecule has 0 aliphatic heterocycles. The first-order chi connectivity index (χ1) is 8.27. The zero-order valence-electron chi connectivity index (χ0n) is 9.06. The van der Waals surface area contributed by atoms with Crippen molar-refractivity contribution >= 4 is 28.4 Å². The van der Waals surface area contributed by atoms with Crippen molar-refractivity contribution in [1.29, 1.82) is 0 Å². The molecule has 0 aliphatic rings. The standard InChI is InChI=1S/C10H12IN5O/c11-8-9(13-7-14-10(8)17)12-3-1-5-16-6-2-4-15-16/h2,4,6-7H,1,3,5H2,(H2,12,13,14,17). The Hall–Kier alpha value is -1.38. The smallest absolute Gasteiger partial charge is 0.266 e. The first kappa shape index (κ1) is 12.1. The maximum absolute atomic E-state index is 11.3. The Morgan fingerprint density at radius 1 is 1.53 bits per heavy atom. The van der Waals surface area contributed by atoms with E-state index in [1.807, 2.05) is 39.5 Å². The molecule has 2 N–H and O–H groups in total. The fourth-order valence-corrected chi connectivity index (χ4v) is 1.87. The van der Waals surface area contributed by atoms with Crippen LogP contribution in [0.3, 0.4) is 0 Å². The van der Waals surface area contributed by atoms with Crippen LogP contribution in [0.5, 0.6) is 0 Å². The van der Waals surface area contributed by atoms with E-state index in [-0.39, 0.29) is 5.56 Å². The number of aromatic nitrogens is 4. The summed E-state index contributed by atoms with van der Waals surface area (Å²) in [5.74, 6) is 0.634. The minimum absolute atomic E-state index is 0.116. The number of aromatic amines is 1. The summed E-state index contributed by atoms with van der Waals surface area (Å²) in [6.45, 7) is 1.60. The minimum atomic E-state index is -0.116. The number of rotatable bonds is 5. The molecule has 0 bridgehead atoms. The average Bonchev–Trinajstić information content (AvgIpc) is 2.83. The van der Waals surface area contributed by atoms with Crippen molar-refractivity contribution in [3.05, 3.63) is 38.7 Å². The fraction of sp³-hybridized carbons (Fsp3) is 0.300. The van der Waals surface area contributed by atoms with Crippen LogP contribution in [0.1, 0.15) is 6.42 Å². The lowest BCUT2D eigenvalue weighted by Crippen LogP contribution is -2.16. The zero-order chi connectivity index (χ0) is 12.1. The quantitative estimate of drug-likeness (QED) is 0.628. The highest BCUT2D eigenvalue weighted by molar-refractivity contribution is 14.1. The summed E-state index contributed by atoms with van der Waals surface area (Å²) < 4.78 is 2.46. The highest BCUT2D eigenvalue weighted by Gasteiger charge is 2.03. The van der Waals surface area contributed by atoms with Gasteiger partial charge < -0.3 is 10.3 Å². The minimum Gasteiger partial charge on any atom is -0.369 e. The van der Waals surface area contributed by atoms with Crippen LogP contribution in [-0.4, -0.2) is 26.3 Å². The monoisotopic (exact) mass is 345 g/mol. The van der Waals surface area contributed by atoms with Crippen molar-refractivity contribution in [2.75, 3.05) is 11.9 Å². The lowest BCUT2D eigenvalue weighted by atomic mass is 10.4. The van der Waals surface area contributed by atoms with Crippen LogP contribution in [0.2, 0.25) is 0 Å². The topological polar surface area (TPSA) is 75.6 Å². The highest BCUT2D eigenvalue weighted by Crippen LogP contribution is 2.08. The molecule has 2 aromatic heterocycles. The van der Waals surface area contributed by atoms with Crippen LogP contribution in [-0.2, 0) is 6.54 Å². The molecule has 0 aliphatic carbocycles. The molecule has 7 heteroatoms. The van der Waals surface area contributed by atoms with Gasteiger partial charge in [0.25, 0.3) is 5.56 Å². The molecule has 0 saturated carbocycles. The van der Waals surface area contributed by atoms with E-state index < -0.39 is 0 Å². The molecule has 0 fully saturated rings. The molecule has 2 heterocycles. The molecule has 6 nitrogen and oxygen atoms in total. The second kappa shape index (κ2) is 5.80. The van der Waals surface area contributed by atoms with Crippen LogP contribution in [0.15, 0.2) is 29.6 Å². The molecule has 0 radical (unpaired) electrons. The van der Waals surface area contributed by atoms with E-state index in [2.05, 4.69) is 20.4 Å². The Morgan fingerprint density at radius 2 is 2.41 bits per heavy atom. The third kappa shape index (κ3) is 3.29. The number of hydrogen-bond donors (Lipinski definition) is 2. The van der Waals surface area contributed by atoms with Gasteiger partial charge in [-0.15, -0.1) is 0 Å². The van der Waals surface area contributed by atoms with Gasteiger partial charge in [-0.25, -0.2) is 4.98 Å². The van der Waals surface area contributed by atoms with Gasteiger partial charge in [-0.3, -0.25) is 9.48 Å². The van der Waals surface area contributed by atoms with Crippen molar-refractivity contribution < 1.29 is 0 Å². The lowest BCUT2D eigenvalue weighted by Gasteiger charge is -2.06. The number of nitrogens with zero attached hydrogens (tertiary/aromatic N) is 3. The van der Waals surface area contributed by atoms with E-state index in [1.165, 1.54) is 6.33 Å². The zero-order valence-corrected chi connectivity index (χ0v) is 11.2. The van der Waals surface area contributed by atoms with Crippen LogP contribution in [0, 0.1) is 3.57 Å². The molecule has 2 aromatic rings. The molecule has 90 valence electrons. The molecule has 2 rings (SSSR count). The number of hydrogen-bond acceptors (Lipinski definition) is 4. The van der Waals surface area contributed by atoms with Gasteiger partial charge in [0.2, 0.25) is 0 Å². The Labute approximate surface area is 112 Å². The highest BCUT2D eigenvalue weighted by atomic mass is 127. The first-order valence-electron chi connectivity index (χ1n) is 5.22. The van der Waals surface area contributed by atoms with E-state index in [0.29, 0.717) is 9.39 Å². The Bertz CT molecular complexity index is 522. The number of H-pyrrole nitrogens is 1. The molecule has 0 saturated heterocycles. The summed E-state index contributed by atoms with van der Waals surface area (Å²) in [5.41, 5.74) is -0.116. The van der Waals surface area contributed by atoms with Gasteiger partial charge in [-0.1, -0.05) is 0 Å². The third-order valence-corrected chi connectivity index (χ3v) is 3.21. The van der Waals surface area contributed by atoms with E-state index in [0.717, 1.165) is 19.5 Å². The van der Waals surface area contributed by atoms with Gasteiger partial charge in [-0.2, -0.15) is 5.10 Å². The van der Waals surface area contributed by atoms with Gasteiger partial charge in [0.15, 0.2) is 0 Å². The van der Waals surface area contributed by atoms with Crippen LogP contribution in [0.25, 0.3) is 0 Å². The largest absolute Gasteiger partial charge is 0.369 e. The molecular weight excluding hydrogens is 333 g/mol. The molecular formula is C10H12IN5O. The fourth-order valence-electron chi connectivity index (χ4n) is 1.39. The van der Waals surface area contributed by atoms with Gasteiger partial charge in [0, 0.05) is 25.5 Å². The predicted octanol–water partition coefficient (Wildman–Crippen LogP) is 1.07. The lowest BCUT2D eigenvalue weighted by molar-refractivity contribution is 0.591. The summed E-state index contributed by atoms with van der Waals surface area (Å²) in [4.78, 5) is 17.9. The Kier molecular flexibility index (Phi) is 4.13. The second-order valence-corrected chi connectivity index (χ2v) is 4.52. The van der Waals surface area contributed by atoms with Crippen molar-refractivity contribution in [2.45, 2.75) is 13.0 Å². The summed E-state index contributed by atoms with van der Waals surface area (Å²) in [5, 5.41) is 7.25. The Balaban J connectivity index is 1.82. The van der Waals surface area contributed by atoms with Crippen LogP contribution in [0.4, 0.5) is 5.82 Å². The van der Waals surface area contributed by atoms with Crippen LogP contribution < -0.4 is 10.9 Å². The maximum atomic E-state index is 11.3. The van der Waals surface area contributed by atoms with Gasteiger partial charge in [-0.05, 0) is 35.1 Å². The molecule has 0 aromatic carbocycles. The van der Waals surface area contributed by atoms with Gasteiger partial charge in [0.05, 0.1) is 6.33 Å². The summed E-state index contributed by atoms with van der Waals surface area (Å²) in [7, 11) is 0. The predicted molar refractivity (Wildman–Crippen MR) is 72.9 cm³/mol. The normalized spacial score (nSPS) is 10.4. The number of halogens is 1. The van der Waals surface area contributed by atoms with Crippen molar-refractivity contribution in [1.82, 2.24) is 19.7 Å². The first-order valence-corrected chi connectivity index (χ1v) is 6.30. The summed E-state index contributed by atoms with van der Waals surface area (Å²) >= 11 is 1.98. The maximum Gasteiger partial charge on any atom is 0.266 e. The number of anilines is 1. The molecule has 0 amide bonds. The van der Waals surface area contributed by atoms with Gasteiger partial charge >= 0.3 is 0 Å². The third-order valence-electron chi connectivity index (χ3n) is 2.21. The summed E-state index contributed by atoms with van der Waals surface area (Å²) in [6.07, 6.45) is 6.01. The Morgan fingerprint density at radius 3 is 3.18 bits per heavy atom. The van der Waals surface area contributed by atoms with E-state index in [1.54, 1.807) is 6.20 Å². The number of aryl methyl sites for hydroxylation is 1. The van der Waals surface area contributed by atoms with Crippen molar-refractivity contribution in [3.8, 4) is 0 Å². The summed E-state index contributed by atoms with van der Waals surface area (Å²) in [6, 6.07) is 1.90. The molecule has 0 spiro atoms. The van der Waals surface area contributed by atoms with Crippen molar-refractivity contribution in [2.24, 2.45) is 0 Å². The number of nitrogens with one attached hydrogen (secondary N) is 2.